The molecule has 11 aromatic rings. The number of nitriles is 1. The van der Waals surface area contributed by atoms with Gasteiger partial charge < -0.3 is 9.13 Å². The molecule has 3 heterocycles. The number of hydrogen-bond donors (Lipinski definition) is 0. The van der Waals surface area contributed by atoms with Gasteiger partial charge in [0.05, 0.1) is 57.3 Å². The molecule has 0 atom stereocenters. The van der Waals surface area contributed by atoms with Crippen molar-refractivity contribution in [2.24, 2.45) is 0 Å². The zero-order valence-corrected chi connectivity index (χ0v) is 32.2. The Morgan fingerprint density at radius 3 is 1.55 bits per heavy atom. The molecular formula is C54H32N6. The van der Waals surface area contributed by atoms with Crippen LogP contribution >= 0.6 is 0 Å². The van der Waals surface area contributed by atoms with Crippen LogP contribution in [0.15, 0.2) is 194 Å². The van der Waals surface area contributed by atoms with Crippen molar-refractivity contribution < 1.29 is 0 Å². The van der Waals surface area contributed by atoms with Gasteiger partial charge >= 0.3 is 0 Å². The van der Waals surface area contributed by atoms with E-state index in [0.717, 1.165) is 72.2 Å². The van der Waals surface area contributed by atoms with Crippen LogP contribution in [0, 0.1) is 17.9 Å². The number of hydrogen-bond acceptors (Lipinski definition) is 3. The van der Waals surface area contributed by atoms with Gasteiger partial charge in [-0.3, -0.25) is 0 Å². The molecule has 0 aliphatic rings. The van der Waals surface area contributed by atoms with Crippen molar-refractivity contribution in [3.63, 3.8) is 0 Å². The first-order valence-corrected chi connectivity index (χ1v) is 19.8. The van der Waals surface area contributed by atoms with E-state index in [9.17, 15) is 5.26 Å². The van der Waals surface area contributed by atoms with E-state index in [1.54, 1.807) is 0 Å². The fourth-order valence-corrected chi connectivity index (χ4v) is 8.63. The van der Waals surface area contributed by atoms with Crippen LogP contribution in [0.4, 0.5) is 5.69 Å². The van der Waals surface area contributed by atoms with Gasteiger partial charge in [-0.05, 0) is 65.7 Å². The first-order valence-electron chi connectivity index (χ1n) is 19.8. The largest absolute Gasteiger partial charge is 0.319 e. The Balaban J connectivity index is 1.02. The van der Waals surface area contributed by atoms with Gasteiger partial charge in [-0.15, -0.1) is 0 Å². The Kier molecular flexibility index (Phi) is 8.15. The summed E-state index contributed by atoms with van der Waals surface area (Å²) >= 11 is 0. The molecule has 0 aliphatic carbocycles. The Morgan fingerprint density at radius 2 is 0.950 bits per heavy atom. The van der Waals surface area contributed by atoms with E-state index in [0.29, 0.717) is 28.3 Å². The minimum absolute atomic E-state index is 0.456. The maximum atomic E-state index is 10.7. The summed E-state index contributed by atoms with van der Waals surface area (Å²) < 4.78 is 4.45. The summed E-state index contributed by atoms with van der Waals surface area (Å²) in [6, 6.07) is 68.2. The Labute approximate surface area is 346 Å². The van der Waals surface area contributed by atoms with Crippen molar-refractivity contribution in [3.05, 3.63) is 211 Å². The van der Waals surface area contributed by atoms with Crippen molar-refractivity contribution in [2.45, 2.75) is 0 Å². The van der Waals surface area contributed by atoms with Crippen LogP contribution in [-0.4, -0.2) is 19.1 Å². The number of nitrogens with zero attached hydrogens (tertiary/aromatic N) is 6. The first-order chi connectivity index (χ1) is 29.7. The highest BCUT2D eigenvalue weighted by Crippen LogP contribution is 2.41. The van der Waals surface area contributed by atoms with Gasteiger partial charge in [-0.1, -0.05) is 140 Å². The van der Waals surface area contributed by atoms with E-state index in [-0.39, 0.29) is 0 Å². The van der Waals surface area contributed by atoms with Crippen LogP contribution in [0.2, 0.25) is 0 Å². The highest BCUT2D eigenvalue weighted by molar-refractivity contribution is 6.12. The van der Waals surface area contributed by atoms with Gasteiger partial charge in [0.15, 0.2) is 5.82 Å². The number of rotatable bonds is 6. The summed E-state index contributed by atoms with van der Waals surface area (Å²) in [6.07, 6.45) is 0. The summed E-state index contributed by atoms with van der Waals surface area (Å²) in [6.45, 7) is 8.41. The lowest BCUT2D eigenvalue weighted by molar-refractivity contribution is 1.17. The van der Waals surface area contributed by atoms with Gasteiger partial charge in [0, 0.05) is 43.9 Å². The molecule has 6 nitrogen and oxygen atoms in total. The minimum atomic E-state index is 0.456. The maximum absolute atomic E-state index is 10.7. The SMILES string of the molecule is [C-]#[N+]c1cc(-c2ccc(-c3cc(-c4ccccc4)nc(-c4ccccc4)n3)cc2)c(C#N)cc1-n1c2ccccc2c2cc(-n3c4ccccc4c4ccccc43)ccc21. The summed E-state index contributed by atoms with van der Waals surface area (Å²) in [5.41, 5.74) is 12.9. The second-order valence-corrected chi connectivity index (χ2v) is 14.8. The number of fused-ring (bicyclic) bond motifs is 6. The van der Waals surface area contributed by atoms with Crippen LogP contribution in [0.25, 0.3) is 105 Å². The third-order valence-corrected chi connectivity index (χ3v) is 11.4. The summed E-state index contributed by atoms with van der Waals surface area (Å²) in [5.74, 6) is 0.646. The molecule has 0 spiro atoms. The molecule has 11 rings (SSSR count). The second-order valence-electron chi connectivity index (χ2n) is 14.8. The predicted octanol–water partition coefficient (Wildman–Crippen LogP) is 13.8. The fraction of sp³-hybridized carbons (Fsp3) is 0. The molecule has 6 heteroatoms. The number of aromatic nitrogens is 4. The maximum Gasteiger partial charge on any atom is 0.211 e. The van der Waals surface area contributed by atoms with E-state index in [1.165, 1.54) is 10.8 Å². The second kappa shape index (κ2) is 14.1. The standard InChI is InChI=1S/C54H32N6/c1-56-48-32-44(35-24-26-37(27-25-35)47-33-46(36-14-4-2-5-15-36)57-54(58-47)38-16-6-3-7-17-38)39(34-55)30-53(48)60-51-23-13-10-20-43(51)45-31-40(28-29-52(45)60)59-49-21-11-8-18-41(49)42-19-9-12-22-50(42)59/h2-33H. The average molecular weight is 765 g/mol. The van der Waals surface area contributed by atoms with E-state index in [2.05, 4.69) is 117 Å². The van der Waals surface area contributed by atoms with E-state index in [4.69, 9.17) is 16.5 Å². The van der Waals surface area contributed by atoms with Crippen molar-refractivity contribution in [2.75, 3.05) is 0 Å². The molecule has 0 saturated carbocycles. The van der Waals surface area contributed by atoms with E-state index >= 15 is 0 Å². The molecule has 0 bridgehead atoms. The molecule has 0 unspecified atom stereocenters. The minimum Gasteiger partial charge on any atom is -0.319 e. The summed E-state index contributed by atoms with van der Waals surface area (Å²) in [5, 5.41) is 15.2. The quantitative estimate of drug-likeness (QED) is 0.158. The van der Waals surface area contributed by atoms with Crippen LogP contribution < -0.4 is 0 Å². The molecule has 8 aromatic carbocycles. The Hall–Kier alpha value is -8.58. The van der Waals surface area contributed by atoms with Crippen molar-refractivity contribution >= 4 is 49.3 Å². The molecule has 278 valence electrons. The topological polar surface area (TPSA) is 63.8 Å². The van der Waals surface area contributed by atoms with Gasteiger partial charge in [-0.25, -0.2) is 14.8 Å². The number of benzene rings is 8. The molecule has 0 fully saturated rings. The Bertz CT molecular complexity index is 3440. The molecule has 0 N–H and O–H groups in total. The average Bonchev–Trinajstić information content (AvgIpc) is 3.84. The highest BCUT2D eigenvalue weighted by atomic mass is 15.0. The van der Waals surface area contributed by atoms with E-state index < -0.39 is 0 Å². The zero-order chi connectivity index (χ0) is 40.2. The van der Waals surface area contributed by atoms with Gasteiger partial charge in [0.1, 0.15) is 0 Å². The molecular weight excluding hydrogens is 733 g/mol. The van der Waals surface area contributed by atoms with E-state index in [1.807, 2.05) is 97.1 Å². The van der Waals surface area contributed by atoms with Crippen molar-refractivity contribution in [1.29, 1.82) is 5.26 Å². The molecule has 3 aromatic heterocycles. The lowest BCUT2D eigenvalue weighted by atomic mass is 9.96. The van der Waals surface area contributed by atoms with Crippen molar-refractivity contribution in [1.82, 2.24) is 19.1 Å². The fourth-order valence-electron chi connectivity index (χ4n) is 8.63. The lowest BCUT2D eigenvalue weighted by Gasteiger charge is -2.15. The van der Waals surface area contributed by atoms with Gasteiger partial charge in [0.2, 0.25) is 5.69 Å². The monoisotopic (exact) mass is 764 g/mol. The summed E-state index contributed by atoms with van der Waals surface area (Å²) in [7, 11) is 0. The predicted molar refractivity (Wildman–Crippen MR) is 243 cm³/mol. The van der Waals surface area contributed by atoms with Crippen molar-refractivity contribution in [3.8, 4) is 62.5 Å². The Morgan fingerprint density at radius 1 is 0.450 bits per heavy atom. The first kappa shape index (κ1) is 34.7. The molecule has 0 radical (unpaired) electrons. The molecule has 0 aliphatic heterocycles. The highest BCUT2D eigenvalue weighted by Gasteiger charge is 2.20. The lowest BCUT2D eigenvalue weighted by Crippen LogP contribution is -1.98. The molecule has 60 heavy (non-hydrogen) atoms. The van der Waals surface area contributed by atoms with Crippen LogP contribution in [-0.2, 0) is 0 Å². The number of para-hydroxylation sites is 3. The smallest absolute Gasteiger partial charge is 0.211 e. The third-order valence-electron chi connectivity index (χ3n) is 11.4. The zero-order valence-electron chi connectivity index (χ0n) is 32.2. The van der Waals surface area contributed by atoms with Gasteiger partial charge in [-0.2, -0.15) is 5.26 Å². The van der Waals surface area contributed by atoms with Crippen LogP contribution in [0.3, 0.4) is 0 Å². The van der Waals surface area contributed by atoms with Gasteiger partial charge in [0.25, 0.3) is 0 Å². The molecule has 0 saturated heterocycles. The van der Waals surface area contributed by atoms with Crippen LogP contribution in [0.1, 0.15) is 5.56 Å². The van der Waals surface area contributed by atoms with Crippen LogP contribution in [0.5, 0.6) is 0 Å². The molecule has 0 amide bonds. The third kappa shape index (κ3) is 5.63. The normalized spacial score (nSPS) is 11.3. The summed E-state index contributed by atoms with van der Waals surface area (Å²) in [4.78, 5) is 14.0.